The number of hydrogen-bond acceptors (Lipinski definition) is 4. The number of rotatable bonds is 5. The van der Waals surface area contributed by atoms with Crippen molar-refractivity contribution in [2.24, 2.45) is 0 Å². The maximum absolute atomic E-state index is 12.5. The third kappa shape index (κ3) is 3.80. The molecule has 1 rings (SSSR count). The third-order valence-electron chi connectivity index (χ3n) is 1.98. The Morgan fingerprint density at radius 1 is 1.47 bits per heavy atom. The Balaban J connectivity index is 2.70. The molecule has 0 fully saturated rings. The maximum Gasteiger partial charge on any atom is 0.326 e. The van der Waals surface area contributed by atoms with Crippen molar-refractivity contribution in [1.82, 2.24) is 10.3 Å². The predicted octanol–water partition coefficient (Wildman–Crippen LogP) is -0.214. The first-order valence-corrected chi connectivity index (χ1v) is 4.80. The van der Waals surface area contributed by atoms with E-state index in [1.165, 1.54) is 0 Å². The molecule has 0 aliphatic carbocycles. The Morgan fingerprint density at radius 2 is 2.18 bits per heavy atom. The van der Waals surface area contributed by atoms with Gasteiger partial charge in [0.05, 0.1) is 6.20 Å². The van der Waals surface area contributed by atoms with Crippen LogP contribution in [-0.2, 0) is 4.79 Å². The lowest BCUT2D eigenvalue weighted by Crippen LogP contribution is -2.41. The smallest absolute Gasteiger partial charge is 0.326 e. The molecule has 0 bridgehead atoms. The summed E-state index contributed by atoms with van der Waals surface area (Å²) in [5.74, 6) is -2.58. The summed E-state index contributed by atoms with van der Waals surface area (Å²) in [5, 5.41) is 19.5. The summed E-state index contributed by atoms with van der Waals surface area (Å²) >= 11 is 0. The molecule has 1 aromatic rings. The van der Waals surface area contributed by atoms with Crippen LogP contribution in [0.3, 0.4) is 0 Å². The molecular weight excluding hydrogens is 231 g/mol. The molecule has 1 amide bonds. The summed E-state index contributed by atoms with van der Waals surface area (Å²) in [6.07, 6.45) is 0.749. The molecule has 0 radical (unpaired) electrons. The highest BCUT2D eigenvalue weighted by Gasteiger charge is 2.20. The van der Waals surface area contributed by atoms with Crippen molar-refractivity contribution in [3.8, 4) is 0 Å². The summed E-state index contributed by atoms with van der Waals surface area (Å²) in [7, 11) is 0. The number of hydrogen-bond donors (Lipinski definition) is 3. The van der Waals surface area contributed by atoms with E-state index in [0.29, 0.717) is 0 Å². The Kier molecular flexibility index (Phi) is 4.53. The number of aliphatic hydroxyl groups is 1. The van der Waals surface area contributed by atoms with Crippen LogP contribution in [0.1, 0.15) is 16.9 Å². The van der Waals surface area contributed by atoms with Gasteiger partial charge in [-0.15, -0.1) is 0 Å². The molecule has 1 atom stereocenters. The average molecular weight is 242 g/mol. The van der Waals surface area contributed by atoms with Crippen molar-refractivity contribution in [3.63, 3.8) is 0 Å². The normalized spacial score (nSPS) is 11.9. The molecule has 0 aliphatic heterocycles. The van der Waals surface area contributed by atoms with Crippen LogP contribution in [0.2, 0.25) is 0 Å². The van der Waals surface area contributed by atoms with Crippen LogP contribution in [-0.4, -0.2) is 39.7 Å². The fourth-order valence-electron chi connectivity index (χ4n) is 1.13. The second-order valence-electron chi connectivity index (χ2n) is 3.24. The number of aliphatic hydroxyl groups excluding tert-OH is 1. The van der Waals surface area contributed by atoms with Crippen molar-refractivity contribution < 1.29 is 24.2 Å². The second kappa shape index (κ2) is 5.90. The minimum Gasteiger partial charge on any atom is -0.480 e. The van der Waals surface area contributed by atoms with E-state index in [0.717, 1.165) is 18.3 Å². The van der Waals surface area contributed by atoms with Gasteiger partial charge >= 0.3 is 5.97 Å². The van der Waals surface area contributed by atoms with Gasteiger partial charge in [-0.3, -0.25) is 4.79 Å². The summed E-state index contributed by atoms with van der Waals surface area (Å²) < 4.78 is 12.5. The van der Waals surface area contributed by atoms with Gasteiger partial charge in [-0.1, -0.05) is 0 Å². The van der Waals surface area contributed by atoms with Gasteiger partial charge in [0, 0.05) is 13.0 Å². The number of carboxylic acids is 1. The first-order valence-electron chi connectivity index (χ1n) is 4.80. The van der Waals surface area contributed by atoms with Crippen LogP contribution in [0, 0.1) is 5.82 Å². The molecule has 17 heavy (non-hydrogen) atoms. The first-order chi connectivity index (χ1) is 8.04. The first kappa shape index (κ1) is 13.0. The SMILES string of the molecule is O=C(N[C@@H](CCO)C(=O)O)c1ccc(F)cn1. The number of nitrogens with zero attached hydrogens (tertiary/aromatic N) is 1. The zero-order valence-electron chi connectivity index (χ0n) is 8.76. The lowest BCUT2D eigenvalue weighted by atomic mass is 10.2. The minimum absolute atomic E-state index is 0.0874. The van der Waals surface area contributed by atoms with Gasteiger partial charge in [-0.2, -0.15) is 0 Å². The van der Waals surface area contributed by atoms with Gasteiger partial charge in [0.1, 0.15) is 17.6 Å². The second-order valence-corrected chi connectivity index (χ2v) is 3.24. The number of amides is 1. The largest absolute Gasteiger partial charge is 0.480 e. The van der Waals surface area contributed by atoms with Crippen LogP contribution >= 0.6 is 0 Å². The predicted molar refractivity (Wildman–Crippen MR) is 54.8 cm³/mol. The Bertz CT molecular complexity index is 407. The molecule has 0 saturated carbocycles. The Labute approximate surface area is 96.1 Å². The zero-order valence-corrected chi connectivity index (χ0v) is 8.76. The van der Waals surface area contributed by atoms with E-state index < -0.39 is 23.7 Å². The van der Waals surface area contributed by atoms with Gasteiger partial charge in [-0.05, 0) is 12.1 Å². The highest BCUT2D eigenvalue weighted by atomic mass is 19.1. The van der Waals surface area contributed by atoms with E-state index in [9.17, 15) is 14.0 Å². The molecule has 0 saturated heterocycles. The monoisotopic (exact) mass is 242 g/mol. The van der Waals surface area contributed by atoms with E-state index in [2.05, 4.69) is 10.3 Å². The van der Waals surface area contributed by atoms with Gasteiger partial charge in [-0.25, -0.2) is 14.2 Å². The number of nitrogens with one attached hydrogen (secondary N) is 1. The number of aliphatic carboxylic acids is 1. The third-order valence-corrected chi connectivity index (χ3v) is 1.98. The number of carboxylic acid groups (broad SMARTS) is 1. The number of aromatic nitrogens is 1. The molecule has 6 nitrogen and oxygen atoms in total. The van der Waals surface area contributed by atoms with Gasteiger partial charge in [0.15, 0.2) is 0 Å². The van der Waals surface area contributed by atoms with Crippen molar-refractivity contribution in [2.45, 2.75) is 12.5 Å². The molecule has 0 aromatic carbocycles. The van der Waals surface area contributed by atoms with Crippen LogP contribution in [0.4, 0.5) is 4.39 Å². The van der Waals surface area contributed by atoms with Crippen molar-refractivity contribution in [2.75, 3.05) is 6.61 Å². The molecule has 1 aromatic heterocycles. The number of halogens is 1. The molecule has 3 N–H and O–H groups in total. The van der Waals surface area contributed by atoms with E-state index >= 15 is 0 Å². The number of pyridine rings is 1. The van der Waals surface area contributed by atoms with Crippen molar-refractivity contribution in [1.29, 1.82) is 0 Å². The highest BCUT2D eigenvalue weighted by Crippen LogP contribution is 2.00. The topological polar surface area (TPSA) is 99.5 Å². The van der Waals surface area contributed by atoms with Gasteiger partial charge in [0.2, 0.25) is 0 Å². The van der Waals surface area contributed by atoms with E-state index in [1.807, 2.05) is 0 Å². The van der Waals surface area contributed by atoms with Crippen LogP contribution < -0.4 is 5.32 Å². The number of carbonyl (C=O) groups is 2. The summed E-state index contributed by atoms with van der Waals surface area (Å²) in [6.45, 7) is -0.367. The van der Waals surface area contributed by atoms with Gasteiger partial charge < -0.3 is 15.5 Å². The van der Waals surface area contributed by atoms with Crippen LogP contribution in [0.5, 0.6) is 0 Å². The summed E-state index contributed by atoms with van der Waals surface area (Å²) in [4.78, 5) is 25.7. The lowest BCUT2D eigenvalue weighted by Gasteiger charge is -2.12. The molecule has 92 valence electrons. The van der Waals surface area contributed by atoms with Crippen molar-refractivity contribution in [3.05, 3.63) is 29.8 Å². The van der Waals surface area contributed by atoms with Crippen molar-refractivity contribution >= 4 is 11.9 Å². The molecule has 0 aliphatic rings. The highest BCUT2D eigenvalue weighted by molar-refractivity contribution is 5.94. The summed E-state index contributed by atoms with van der Waals surface area (Å²) in [5.41, 5.74) is -0.0874. The summed E-state index contributed by atoms with van der Waals surface area (Å²) in [6, 6.07) is 0.992. The average Bonchev–Trinajstić information content (AvgIpc) is 2.29. The van der Waals surface area contributed by atoms with E-state index in [4.69, 9.17) is 10.2 Å². The molecule has 0 unspecified atom stereocenters. The molecular formula is C10H11FN2O4. The fourth-order valence-corrected chi connectivity index (χ4v) is 1.13. The molecule has 1 heterocycles. The fraction of sp³-hybridized carbons (Fsp3) is 0.300. The lowest BCUT2D eigenvalue weighted by molar-refractivity contribution is -0.139. The minimum atomic E-state index is -1.26. The number of carbonyl (C=O) groups excluding carboxylic acids is 1. The zero-order chi connectivity index (χ0) is 12.8. The van der Waals surface area contributed by atoms with Crippen LogP contribution in [0.25, 0.3) is 0 Å². The molecule has 7 heteroatoms. The van der Waals surface area contributed by atoms with E-state index in [1.54, 1.807) is 0 Å². The standard InChI is InChI=1S/C10H11FN2O4/c11-6-1-2-7(12-5-6)9(15)13-8(3-4-14)10(16)17/h1-2,5,8,14H,3-4H2,(H,13,15)(H,16,17)/t8-/m0/s1. The maximum atomic E-state index is 12.5. The quantitative estimate of drug-likeness (QED) is 0.663. The van der Waals surface area contributed by atoms with Gasteiger partial charge in [0.25, 0.3) is 5.91 Å². The Hall–Kier alpha value is -2.02. The van der Waals surface area contributed by atoms with Crippen LogP contribution in [0.15, 0.2) is 18.3 Å². The Morgan fingerprint density at radius 3 is 2.65 bits per heavy atom. The van der Waals surface area contributed by atoms with E-state index in [-0.39, 0.29) is 18.7 Å². The molecule has 0 spiro atoms.